The highest BCUT2D eigenvalue weighted by atomic mass is 79.9. The normalized spacial score (nSPS) is 10.4. The van der Waals surface area contributed by atoms with Crippen LogP contribution in [0.3, 0.4) is 0 Å². The third kappa shape index (κ3) is 3.04. The zero-order valence-corrected chi connectivity index (χ0v) is 11.0. The Kier molecular flexibility index (Phi) is 3.93. The molecule has 3 nitrogen and oxygen atoms in total. The Morgan fingerprint density at radius 3 is 3.00 bits per heavy atom. The maximum absolute atomic E-state index is 5.53. The van der Waals surface area contributed by atoms with E-state index in [0.29, 0.717) is 6.54 Å². The summed E-state index contributed by atoms with van der Waals surface area (Å²) < 4.78 is 1.09. The van der Waals surface area contributed by atoms with E-state index in [1.807, 2.05) is 18.3 Å². The first kappa shape index (κ1) is 11.6. The van der Waals surface area contributed by atoms with Gasteiger partial charge in [0.05, 0.1) is 0 Å². The number of halogens is 1. The molecule has 84 valence electrons. The van der Waals surface area contributed by atoms with E-state index in [1.54, 1.807) is 11.3 Å². The van der Waals surface area contributed by atoms with Crippen LogP contribution < -0.4 is 11.1 Å². The third-order valence-corrected chi connectivity index (χ3v) is 3.56. The maximum atomic E-state index is 5.53. The molecule has 0 atom stereocenters. The van der Waals surface area contributed by atoms with Crippen molar-refractivity contribution in [1.82, 2.24) is 4.98 Å². The summed E-state index contributed by atoms with van der Waals surface area (Å²) in [7, 11) is 0. The van der Waals surface area contributed by atoms with Crippen molar-refractivity contribution in [1.29, 1.82) is 0 Å². The lowest BCUT2D eigenvalue weighted by Crippen LogP contribution is -1.98. The van der Waals surface area contributed by atoms with Crippen LogP contribution >= 0.6 is 27.3 Å². The molecule has 0 unspecified atom stereocenters. The molecule has 0 amide bonds. The Morgan fingerprint density at radius 1 is 1.44 bits per heavy atom. The van der Waals surface area contributed by atoms with Gasteiger partial charge in [-0.1, -0.05) is 28.1 Å². The van der Waals surface area contributed by atoms with E-state index in [1.165, 1.54) is 5.56 Å². The van der Waals surface area contributed by atoms with Gasteiger partial charge < -0.3 is 11.1 Å². The van der Waals surface area contributed by atoms with Gasteiger partial charge in [0.1, 0.15) is 0 Å². The highest BCUT2D eigenvalue weighted by molar-refractivity contribution is 9.10. The SMILES string of the molecule is NCc1cnc(NCc2cccc(Br)c2)s1. The summed E-state index contributed by atoms with van der Waals surface area (Å²) in [4.78, 5) is 5.33. The molecule has 0 aliphatic carbocycles. The molecule has 1 heterocycles. The summed E-state index contributed by atoms with van der Waals surface area (Å²) in [6, 6.07) is 8.20. The number of rotatable bonds is 4. The largest absolute Gasteiger partial charge is 0.357 e. The van der Waals surface area contributed by atoms with Crippen LogP contribution in [0.15, 0.2) is 34.9 Å². The van der Waals surface area contributed by atoms with Gasteiger partial charge in [-0.25, -0.2) is 4.98 Å². The van der Waals surface area contributed by atoms with Crippen LogP contribution in [0.1, 0.15) is 10.4 Å². The standard InChI is InChI=1S/C11H12BrN3S/c12-9-3-1-2-8(4-9)6-14-11-15-7-10(5-13)16-11/h1-4,7H,5-6,13H2,(H,14,15). The van der Waals surface area contributed by atoms with Crippen molar-refractivity contribution < 1.29 is 0 Å². The molecule has 3 N–H and O–H groups in total. The molecule has 16 heavy (non-hydrogen) atoms. The molecule has 0 aliphatic heterocycles. The van der Waals surface area contributed by atoms with E-state index in [0.717, 1.165) is 21.0 Å². The zero-order chi connectivity index (χ0) is 11.4. The predicted molar refractivity (Wildman–Crippen MR) is 71.5 cm³/mol. The lowest BCUT2D eigenvalue weighted by Gasteiger charge is -2.02. The Balaban J connectivity index is 1.96. The van der Waals surface area contributed by atoms with Gasteiger partial charge in [0.15, 0.2) is 5.13 Å². The maximum Gasteiger partial charge on any atom is 0.183 e. The predicted octanol–water partition coefficient (Wildman–Crippen LogP) is 2.98. The van der Waals surface area contributed by atoms with Gasteiger partial charge in [-0.3, -0.25) is 0 Å². The second-order valence-corrected chi connectivity index (χ2v) is 5.35. The van der Waals surface area contributed by atoms with Gasteiger partial charge in [-0.15, -0.1) is 11.3 Å². The summed E-state index contributed by atoms with van der Waals surface area (Å²) in [5, 5.41) is 4.19. The fourth-order valence-corrected chi connectivity index (χ4v) is 2.44. The molecule has 0 saturated heterocycles. The summed E-state index contributed by atoms with van der Waals surface area (Å²) in [5.74, 6) is 0. The highest BCUT2D eigenvalue weighted by Crippen LogP contribution is 2.19. The number of nitrogens with two attached hydrogens (primary N) is 1. The molecule has 1 aromatic heterocycles. The van der Waals surface area contributed by atoms with Crippen molar-refractivity contribution in [3.8, 4) is 0 Å². The summed E-state index contributed by atoms with van der Waals surface area (Å²) in [6.45, 7) is 1.33. The lowest BCUT2D eigenvalue weighted by molar-refractivity contribution is 1.09. The Labute approximate surface area is 107 Å². The summed E-state index contributed by atoms with van der Waals surface area (Å²) >= 11 is 5.04. The number of aromatic nitrogens is 1. The van der Waals surface area contributed by atoms with Gasteiger partial charge in [-0.2, -0.15) is 0 Å². The first-order chi connectivity index (χ1) is 7.78. The number of thiazole rings is 1. The Bertz CT molecular complexity index is 470. The smallest absolute Gasteiger partial charge is 0.183 e. The molecular formula is C11H12BrN3S. The second kappa shape index (κ2) is 5.43. The molecule has 0 radical (unpaired) electrons. The minimum absolute atomic E-state index is 0.552. The molecular weight excluding hydrogens is 286 g/mol. The zero-order valence-electron chi connectivity index (χ0n) is 8.61. The van der Waals surface area contributed by atoms with Gasteiger partial charge >= 0.3 is 0 Å². The highest BCUT2D eigenvalue weighted by Gasteiger charge is 2.00. The number of nitrogens with zero attached hydrogens (tertiary/aromatic N) is 1. The average Bonchev–Trinajstić information content (AvgIpc) is 2.74. The van der Waals surface area contributed by atoms with Crippen molar-refractivity contribution in [2.75, 3.05) is 5.32 Å². The number of hydrogen-bond donors (Lipinski definition) is 2. The molecule has 5 heteroatoms. The van der Waals surface area contributed by atoms with Crippen LogP contribution in [0.4, 0.5) is 5.13 Å². The number of hydrogen-bond acceptors (Lipinski definition) is 4. The van der Waals surface area contributed by atoms with Crippen LogP contribution in [0, 0.1) is 0 Å². The Morgan fingerprint density at radius 2 is 2.31 bits per heavy atom. The minimum Gasteiger partial charge on any atom is -0.357 e. The first-order valence-corrected chi connectivity index (χ1v) is 6.52. The van der Waals surface area contributed by atoms with Crippen LogP contribution in [0.2, 0.25) is 0 Å². The monoisotopic (exact) mass is 297 g/mol. The molecule has 0 fully saturated rings. The second-order valence-electron chi connectivity index (χ2n) is 3.32. The Hall–Kier alpha value is -0.910. The van der Waals surface area contributed by atoms with Crippen LogP contribution in [-0.2, 0) is 13.1 Å². The van der Waals surface area contributed by atoms with Crippen molar-refractivity contribution in [3.63, 3.8) is 0 Å². The molecule has 0 spiro atoms. The van der Waals surface area contributed by atoms with Crippen molar-refractivity contribution in [2.24, 2.45) is 5.73 Å². The van der Waals surface area contributed by atoms with Crippen LogP contribution in [0.25, 0.3) is 0 Å². The van der Waals surface area contributed by atoms with Crippen LogP contribution in [-0.4, -0.2) is 4.98 Å². The minimum atomic E-state index is 0.552. The van der Waals surface area contributed by atoms with Gasteiger partial charge in [0.25, 0.3) is 0 Å². The topological polar surface area (TPSA) is 50.9 Å². The van der Waals surface area contributed by atoms with E-state index in [4.69, 9.17) is 5.73 Å². The van der Waals surface area contributed by atoms with E-state index in [9.17, 15) is 0 Å². The molecule has 0 bridgehead atoms. The molecule has 0 saturated carbocycles. The summed E-state index contributed by atoms with van der Waals surface area (Å²) in [5.41, 5.74) is 6.75. The third-order valence-electron chi connectivity index (χ3n) is 2.09. The molecule has 2 rings (SSSR count). The van der Waals surface area contributed by atoms with Gasteiger partial charge in [0, 0.05) is 28.6 Å². The van der Waals surface area contributed by atoms with E-state index < -0.39 is 0 Å². The summed E-state index contributed by atoms with van der Waals surface area (Å²) in [6.07, 6.45) is 1.81. The average molecular weight is 298 g/mol. The van der Waals surface area contributed by atoms with Crippen molar-refractivity contribution in [2.45, 2.75) is 13.1 Å². The number of anilines is 1. The van der Waals surface area contributed by atoms with Crippen molar-refractivity contribution >= 4 is 32.4 Å². The fourth-order valence-electron chi connectivity index (χ4n) is 1.31. The van der Waals surface area contributed by atoms with Gasteiger partial charge in [-0.05, 0) is 17.7 Å². The van der Waals surface area contributed by atoms with Crippen molar-refractivity contribution in [3.05, 3.63) is 45.4 Å². The van der Waals surface area contributed by atoms with Gasteiger partial charge in [0.2, 0.25) is 0 Å². The first-order valence-electron chi connectivity index (χ1n) is 4.91. The molecule has 2 aromatic rings. The van der Waals surface area contributed by atoms with E-state index in [-0.39, 0.29) is 0 Å². The quantitative estimate of drug-likeness (QED) is 0.912. The van der Waals surface area contributed by atoms with E-state index in [2.05, 4.69) is 38.4 Å². The fraction of sp³-hybridized carbons (Fsp3) is 0.182. The van der Waals surface area contributed by atoms with Crippen LogP contribution in [0.5, 0.6) is 0 Å². The van der Waals surface area contributed by atoms with E-state index >= 15 is 0 Å². The molecule has 0 aliphatic rings. The molecule has 1 aromatic carbocycles. The number of nitrogens with one attached hydrogen (secondary N) is 1. The lowest BCUT2D eigenvalue weighted by atomic mass is 10.2. The number of benzene rings is 1.